The number of aromatic nitrogens is 3. The van der Waals surface area contributed by atoms with Crippen LogP contribution in [-0.4, -0.2) is 20.8 Å². The number of anilines is 1. The van der Waals surface area contributed by atoms with Crippen LogP contribution in [0.4, 0.5) is 10.5 Å². The van der Waals surface area contributed by atoms with Crippen molar-refractivity contribution in [2.45, 2.75) is 37.7 Å². The fraction of sp³-hybridized carbons (Fsp3) is 0.192. The molecular weight excluding hydrogens is 510 g/mol. The van der Waals surface area contributed by atoms with Gasteiger partial charge in [-0.3, -0.25) is 4.57 Å². The molecule has 0 aliphatic heterocycles. The van der Waals surface area contributed by atoms with E-state index in [1.807, 2.05) is 41.8 Å². The van der Waals surface area contributed by atoms with Crippen molar-refractivity contribution in [3.05, 3.63) is 99.8 Å². The predicted molar refractivity (Wildman–Crippen MR) is 142 cm³/mol. The largest absolute Gasteiger partial charge is 0.328 e. The second-order valence-electron chi connectivity index (χ2n) is 8.05. The van der Waals surface area contributed by atoms with Gasteiger partial charge in [0.25, 0.3) is 0 Å². The Kier molecular flexibility index (Phi) is 7.70. The van der Waals surface area contributed by atoms with Crippen LogP contribution in [0.1, 0.15) is 35.5 Å². The molecule has 0 aliphatic rings. The molecule has 8 heteroatoms. The maximum absolute atomic E-state index is 12.6. The SMILES string of the molecule is Cc1ccc(-n2c(SCc3ccccc3C)nnc2C(C)NC(=O)Nc2ccc(Br)cc2)cc1. The van der Waals surface area contributed by atoms with Crippen LogP contribution in [0.2, 0.25) is 0 Å². The van der Waals surface area contributed by atoms with Gasteiger partial charge in [0.1, 0.15) is 0 Å². The first kappa shape index (κ1) is 24.0. The number of carbonyl (C=O) groups is 1. The molecule has 1 heterocycles. The van der Waals surface area contributed by atoms with Gasteiger partial charge in [0.15, 0.2) is 11.0 Å². The second-order valence-corrected chi connectivity index (χ2v) is 9.91. The number of rotatable bonds is 7. The summed E-state index contributed by atoms with van der Waals surface area (Å²) in [4.78, 5) is 12.6. The van der Waals surface area contributed by atoms with Crippen LogP contribution in [0.3, 0.4) is 0 Å². The summed E-state index contributed by atoms with van der Waals surface area (Å²) in [6.45, 7) is 6.08. The number of halogens is 1. The van der Waals surface area contributed by atoms with Gasteiger partial charge in [-0.15, -0.1) is 10.2 Å². The van der Waals surface area contributed by atoms with Gasteiger partial charge in [0, 0.05) is 21.6 Å². The Hall–Kier alpha value is -3.10. The Morgan fingerprint density at radius 3 is 2.41 bits per heavy atom. The third-order valence-electron chi connectivity index (χ3n) is 5.41. The molecule has 34 heavy (non-hydrogen) atoms. The van der Waals surface area contributed by atoms with Crippen LogP contribution in [0.25, 0.3) is 5.69 Å². The van der Waals surface area contributed by atoms with Crippen LogP contribution in [-0.2, 0) is 5.75 Å². The van der Waals surface area contributed by atoms with Crippen molar-refractivity contribution in [2.75, 3.05) is 5.32 Å². The Bertz CT molecular complexity index is 1270. The molecule has 0 radical (unpaired) electrons. The van der Waals surface area contributed by atoms with E-state index >= 15 is 0 Å². The molecule has 6 nitrogen and oxygen atoms in total. The quantitative estimate of drug-likeness (QED) is 0.254. The standard InChI is InChI=1S/C26H26BrN5OS/c1-17-8-14-23(15-9-17)32-24(19(3)28-25(33)29-22-12-10-21(27)11-13-22)30-31-26(32)34-16-20-7-5-4-6-18(20)2/h4-15,19H,16H2,1-3H3,(H2,28,29,33). The van der Waals surface area contributed by atoms with Crippen molar-refractivity contribution in [2.24, 2.45) is 0 Å². The molecule has 1 aromatic heterocycles. The van der Waals surface area contributed by atoms with Crippen LogP contribution in [0.5, 0.6) is 0 Å². The molecule has 0 bridgehead atoms. The number of carbonyl (C=O) groups excluding carboxylic acids is 1. The summed E-state index contributed by atoms with van der Waals surface area (Å²) in [5, 5.41) is 15.6. The number of aryl methyl sites for hydroxylation is 2. The maximum Gasteiger partial charge on any atom is 0.319 e. The highest BCUT2D eigenvalue weighted by molar-refractivity contribution is 9.10. The first-order chi connectivity index (χ1) is 16.4. The van der Waals surface area contributed by atoms with E-state index in [2.05, 4.69) is 93.1 Å². The van der Waals surface area contributed by atoms with Gasteiger partial charge in [-0.25, -0.2) is 4.79 Å². The maximum atomic E-state index is 12.6. The molecular formula is C26H26BrN5OS. The summed E-state index contributed by atoms with van der Waals surface area (Å²) in [6.07, 6.45) is 0. The summed E-state index contributed by atoms with van der Waals surface area (Å²) in [6, 6.07) is 23.3. The first-order valence-electron chi connectivity index (χ1n) is 10.9. The zero-order valence-electron chi connectivity index (χ0n) is 19.2. The Balaban J connectivity index is 1.57. The number of amides is 2. The normalized spacial score (nSPS) is 11.8. The van der Waals surface area contributed by atoms with E-state index < -0.39 is 0 Å². The minimum atomic E-state index is -0.364. The molecule has 0 aliphatic carbocycles. The van der Waals surface area contributed by atoms with Crippen molar-refractivity contribution in [3.8, 4) is 5.69 Å². The average Bonchev–Trinajstić information content (AvgIpc) is 3.24. The summed E-state index contributed by atoms with van der Waals surface area (Å²) in [7, 11) is 0. The van der Waals surface area contributed by atoms with E-state index in [1.165, 1.54) is 16.7 Å². The highest BCUT2D eigenvalue weighted by Gasteiger charge is 2.21. The van der Waals surface area contributed by atoms with E-state index in [9.17, 15) is 4.79 Å². The molecule has 1 unspecified atom stereocenters. The Morgan fingerprint density at radius 1 is 1.00 bits per heavy atom. The lowest BCUT2D eigenvalue weighted by molar-refractivity contribution is 0.249. The minimum absolute atomic E-state index is 0.303. The number of nitrogens with zero attached hydrogens (tertiary/aromatic N) is 3. The number of nitrogens with one attached hydrogen (secondary N) is 2. The van der Waals surface area contributed by atoms with Gasteiger partial charge in [-0.05, 0) is 68.3 Å². The van der Waals surface area contributed by atoms with Gasteiger partial charge in [-0.2, -0.15) is 0 Å². The smallest absolute Gasteiger partial charge is 0.319 e. The summed E-state index contributed by atoms with van der Waals surface area (Å²) in [5.41, 5.74) is 5.35. The third kappa shape index (κ3) is 5.87. The molecule has 0 fully saturated rings. The Labute approximate surface area is 212 Å². The van der Waals surface area contributed by atoms with E-state index in [1.54, 1.807) is 11.8 Å². The molecule has 0 spiro atoms. The number of hydrogen-bond acceptors (Lipinski definition) is 4. The number of benzene rings is 3. The Morgan fingerprint density at radius 2 is 1.71 bits per heavy atom. The molecule has 4 aromatic rings. The lowest BCUT2D eigenvalue weighted by Gasteiger charge is -2.17. The third-order valence-corrected chi connectivity index (χ3v) is 6.91. The number of hydrogen-bond donors (Lipinski definition) is 2. The molecule has 0 saturated heterocycles. The lowest BCUT2D eigenvalue weighted by Crippen LogP contribution is -2.32. The van der Waals surface area contributed by atoms with Gasteiger partial charge < -0.3 is 10.6 Å². The monoisotopic (exact) mass is 535 g/mol. The zero-order chi connectivity index (χ0) is 24.1. The highest BCUT2D eigenvalue weighted by atomic mass is 79.9. The predicted octanol–water partition coefficient (Wildman–Crippen LogP) is 6.82. The zero-order valence-corrected chi connectivity index (χ0v) is 21.7. The first-order valence-corrected chi connectivity index (χ1v) is 12.7. The summed E-state index contributed by atoms with van der Waals surface area (Å²) in [5.74, 6) is 1.45. The minimum Gasteiger partial charge on any atom is -0.328 e. The number of thioether (sulfide) groups is 1. The molecule has 174 valence electrons. The van der Waals surface area contributed by atoms with Crippen molar-refractivity contribution in [3.63, 3.8) is 0 Å². The van der Waals surface area contributed by atoms with Gasteiger partial charge in [0.2, 0.25) is 0 Å². The fourth-order valence-electron chi connectivity index (χ4n) is 3.47. The van der Waals surface area contributed by atoms with Gasteiger partial charge in [-0.1, -0.05) is 69.7 Å². The second kappa shape index (κ2) is 10.9. The van der Waals surface area contributed by atoms with Crippen LogP contribution in [0.15, 0.2) is 82.4 Å². The van der Waals surface area contributed by atoms with Crippen molar-refractivity contribution in [1.82, 2.24) is 20.1 Å². The molecule has 2 N–H and O–H groups in total. The summed E-state index contributed by atoms with van der Waals surface area (Å²) >= 11 is 5.03. The van der Waals surface area contributed by atoms with Crippen molar-refractivity contribution in [1.29, 1.82) is 0 Å². The van der Waals surface area contributed by atoms with Gasteiger partial charge >= 0.3 is 6.03 Å². The summed E-state index contributed by atoms with van der Waals surface area (Å²) < 4.78 is 2.97. The lowest BCUT2D eigenvalue weighted by atomic mass is 10.1. The molecule has 3 aromatic carbocycles. The highest BCUT2D eigenvalue weighted by Crippen LogP contribution is 2.28. The molecule has 2 amide bonds. The van der Waals surface area contributed by atoms with E-state index in [-0.39, 0.29) is 12.1 Å². The van der Waals surface area contributed by atoms with Crippen molar-refractivity contribution >= 4 is 39.4 Å². The molecule has 4 rings (SSSR count). The van der Waals surface area contributed by atoms with Crippen molar-refractivity contribution < 1.29 is 4.79 Å². The molecule has 0 saturated carbocycles. The van der Waals surface area contributed by atoms with Crippen LogP contribution in [0, 0.1) is 13.8 Å². The van der Waals surface area contributed by atoms with Crippen LogP contribution < -0.4 is 10.6 Å². The van der Waals surface area contributed by atoms with Gasteiger partial charge in [0.05, 0.1) is 6.04 Å². The number of urea groups is 1. The molecule has 1 atom stereocenters. The fourth-order valence-corrected chi connectivity index (χ4v) is 4.77. The van der Waals surface area contributed by atoms with E-state index in [0.717, 1.165) is 21.1 Å². The van der Waals surface area contributed by atoms with Crippen LogP contribution >= 0.6 is 27.7 Å². The average molecular weight is 536 g/mol. The van der Waals surface area contributed by atoms with E-state index in [0.29, 0.717) is 11.5 Å². The van der Waals surface area contributed by atoms with E-state index in [4.69, 9.17) is 0 Å². The topological polar surface area (TPSA) is 71.8 Å².